The van der Waals surface area contributed by atoms with Crippen molar-refractivity contribution < 1.29 is 14.3 Å². The number of carbonyl (C=O) groups is 2. The first-order valence-electron chi connectivity index (χ1n) is 7.42. The maximum Gasteiger partial charge on any atom is 0.319 e. The summed E-state index contributed by atoms with van der Waals surface area (Å²) in [5.41, 5.74) is 0.613. The smallest absolute Gasteiger partial charge is 0.319 e. The van der Waals surface area contributed by atoms with E-state index in [2.05, 4.69) is 15.6 Å². The Balaban J connectivity index is 1.69. The van der Waals surface area contributed by atoms with Gasteiger partial charge in [0.05, 0.1) is 24.1 Å². The largest absolute Gasteiger partial charge is 0.372 e. The molecule has 0 spiro atoms. The van der Waals surface area contributed by atoms with E-state index in [9.17, 15) is 9.59 Å². The highest BCUT2D eigenvalue weighted by Crippen LogP contribution is 2.11. The predicted octanol–water partition coefficient (Wildman–Crippen LogP) is 1.23. The first-order chi connectivity index (χ1) is 10.5. The van der Waals surface area contributed by atoms with Gasteiger partial charge in [0.15, 0.2) is 0 Å². The molecule has 22 heavy (non-hydrogen) atoms. The molecule has 2 N–H and O–H groups in total. The number of urea groups is 1. The van der Waals surface area contributed by atoms with Crippen molar-refractivity contribution in [3.05, 3.63) is 24.5 Å². The number of hydrogen-bond donors (Lipinski definition) is 2. The number of rotatable bonds is 4. The number of amides is 3. The maximum absolute atomic E-state index is 12.1. The zero-order valence-corrected chi connectivity index (χ0v) is 12.9. The molecule has 0 saturated carbocycles. The Labute approximate surface area is 130 Å². The SMILES string of the molecule is C[C@@H]1CN(C(=O)CCNC(=O)Nc2cccnc2)C[C@H](C)O1. The summed E-state index contributed by atoms with van der Waals surface area (Å²) in [7, 11) is 0. The molecular weight excluding hydrogens is 284 g/mol. The minimum absolute atomic E-state index is 0.0312. The van der Waals surface area contributed by atoms with Crippen molar-refractivity contribution in [2.24, 2.45) is 0 Å². The summed E-state index contributed by atoms with van der Waals surface area (Å²) in [4.78, 5) is 29.5. The Kier molecular flexibility index (Phi) is 5.71. The fourth-order valence-corrected chi connectivity index (χ4v) is 2.43. The second-order valence-electron chi connectivity index (χ2n) is 5.43. The van der Waals surface area contributed by atoms with Gasteiger partial charge in [0, 0.05) is 32.3 Å². The summed E-state index contributed by atoms with van der Waals surface area (Å²) >= 11 is 0. The van der Waals surface area contributed by atoms with Crippen LogP contribution in [0.2, 0.25) is 0 Å². The Bertz CT molecular complexity index is 499. The van der Waals surface area contributed by atoms with E-state index in [-0.39, 0.29) is 30.6 Å². The normalized spacial score (nSPS) is 21.3. The zero-order valence-electron chi connectivity index (χ0n) is 12.9. The molecule has 120 valence electrons. The lowest BCUT2D eigenvalue weighted by Crippen LogP contribution is -2.48. The second kappa shape index (κ2) is 7.74. The lowest BCUT2D eigenvalue weighted by molar-refractivity contribution is -0.143. The first-order valence-corrected chi connectivity index (χ1v) is 7.42. The lowest BCUT2D eigenvalue weighted by atomic mass is 10.2. The Hall–Kier alpha value is -2.15. The van der Waals surface area contributed by atoms with Gasteiger partial charge in [-0.3, -0.25) is 9.78 Å². The van der Waals surface area contributed by atoms with Gasteiger partial charge in [-0.15, -0.1) is 0 Å². The quantitative estimate of drug-likeness (QED) is 0.876. The molecule has 1 aromatic heterocycles. The van der Waals surface area contributed by atoms with E-state index >= 15 is 0 Å². The zero-order chi connectivity index (χ0) is 15.9. The number of carbonyl (C=O) groups excluding carboxylic acids is 2. The van der Waals surface area contributed by atoms with Gasteiger partial charge in [-0.1, -0.05) is 0 Å². The minimum Gasteiger partial charge on any atom is -0.372 e. The van der Waals surface area contributed by atoms with Crippen molar-refractivity contribution in [3.8, 4) is 0 Å². The van der Waals surface area contributed by atoms with Crippen LogP contribution < -0.4 is 10.6 Å². The van der Waals surface area contributed by atoms with E-state index in [0.717, 1.165) is 0 Å². The van der Waals surface area contributed by atoms with Crippen LogP contribution in [0.25, 0.3) is 0 Å². The Morgan fingerprint density at radius 3 is 2.73 bits per heavy atom. The minimum atomic E-state index is -0.343. The van der Waals surface area contributed by atoms with E-state index in [1.54, 1.807) is 29.4 Å². The number of morpholine rings is 1. The molecule has 2 heterocycles. The van der Waals surface area contributed by atoms with E-state index in [4.69, 9.17) is 4.74 Å². The molecule has 1 fully saturated rings. The monoisotopic (exact) mass is 306 g/mol. The topological polar surface area (TPSA) is 83.6 Å². The predicted molar refractivity (Wildman–Crippen MR) is 82.5 cm³/mol. The third-order valence-electron chi connectivity index (χ3n) is 3.32. The molecule has 1 aliphatic heterocycles. The molecule has 7 nitrogen and oxygen atoms in total. The molecule has 1 aliphatic rings. The third kappa shape index (κ3) is 5.00. The summed E-state index contributed by atoms with van der Waals surface area (Å²) < 4.78 is 5.60. The molecule has 0 aromatic carbocycles. The van der Waals surface area contributed by atoms with E-state index in [1.807, 2.05) is 13.8 Å². The average molecular weight is 306 g/mol. The molecule has 0 aliphatic carbocycles. The van der Waals surface area contributed by atoms with Gasteiger partial charge >= 0.3 is 6.03 Å². The summed E-state index contributed by atoms with van der Waals surface area (Å²) in [6.45, 7) is 5.41. The fraction of sp³-hybridized carbons (Fsp3) is 0.533. The van der Waals surface area contributed by atoms with Gasteiger partial charge in [0.2, 0.25) is 5.91 Å². The lowest BCUT2D eigenvalue weighted by Gasteiger charge is -2.35. The summed E-state index contributed by atoms with van der Waals surface area (Å²) in [6, 6.07) is 3.14. The van der Waals surface area contributed by atoms with Crippen molar-refractivity contribution in [3.63, 3.8) is 0 Å². The number of ether oxygens (including phenoxy) is 1. The fourth-order valence-electron chi connectivity index (χ4n) is 2.43. The highest BCUT2D eigenvalue weighted by Gasteiger charge is 2.25. The van der Waals surface area contributed by atoms with Gasteiger partial charge in [-0.25, -0.2) is 4.79 Å². The summed E-state index contributed by atoms with van der Waals surface area (Å²) in [5, 5.41) is 5.32. The molecule has 2 atom stereocenters. The van der Waals surface area contributed by atoms with E-state index < -0.39 is 0 Å². The summed E-state index contributed by atoms with van der Waals surface area (Å²) in [6.07, 6.45) is 3.57. The molecular formula is C15H22N4O3. The van der Waals surface area contributed by atoms with E-state index in [0.29, 0.717) is 25.3 Å². The van der Waals surface area contributed by atoms with Crippen LogP contribution in [0.4, 0.5) is 10.5 Å². The highest BCUT2D eigenvalue weighted by molar-refractivity contribution is 5.89. The van der Waals surface area contributed by atoms with Gasteiger partial charge in [-0.05, 0) is 26.0 Å². The van der Waals surface area contributed by atoms with Crippen molar-refractivity contribution >= 4 is 17.6 Å². The van der Waals surface area contributed by atoms with Crippen LogP contribution >= 0.6 is 0 Å². The number of hydrogen-bond acceptors (Lipinski definition) is 4. The molecule has 7 heteroatoms. The van der Waals surface area contributed by atoms with Crippen molar-refractivity contribution in [1.82, 2.24) is 15.2 Å². The van der Waals surface area contributed by atoms with Crippen LogP contribution in [0, 0.1) is 0 Å². The Morgan fingerprint density at radius 1 is 1.36 bits per heavy atom. The molecule has 0 bridgehead atoms. The number of nitrogens with one attached hydrogen (secondary N) is 2. The number of aromatic nitrogens is 1. The van der Waals surface area contributed by atoms with Crippen molar-refractivity contribution in [1.29, 1.82) is 0 Å². The van der Waals surface area contributed by atoms with Gasteiger partial charge in [-0.2, -0.15) is 0 Å². The summed E-state index contributed by atoms with van der Waals surface area (Å²) in [5.74, 6) is 0.0312. The van der Waals surface area contributed by atoms with Crippen LogP contribution in [0.5, 0.6) is 0 Å². The number of nitrogens with zero attached hydrogens (tertiary/aromatic N) is 2. The average Bonchev–Trinajstić information content (AvgIpc) is 2.47. The number of anilines is 1. The second-order valence-corrected chi connectivity index (χ2v) is 5.43. The van der Waals surface area contributed by atoms with Crippen molar-refractivity contribution in [2.45, 2.75) is 32.5 Å². The van der Waals surface area contributed by atoms with Gasteiger partial charge < -0.3 is 20.3 Å². The maximum atomic E-state index is 12.1. The standard InChI is InChI=1S/C15H22N4O3/c1-11-9-19(10-12(2)22-11)14(20)5-7-17-15(21)18-13-4-3-6-16-8-13/h3-4,6,8,11-12H,5,7,9-10H2,1-2H3,(H2,17,18,21)/t11-,12+. The molecule has 2 rings (SSSR count). The molecule has 1 aromatic rings. The third-order valence-corrected chi connectivity index (χ3v) is 3.32. The first kappa shape index (κ1) is 16.2. The van der Waals surface area contributed by atoms with Crippen molar-refractivity contribution in [2.75, 3.05) is 25.0 Å². The molecule has 0 radical (unpaired) electrons. The van der Waals surface area contributed by atoms with Crippen LogP contribution in [0.1, 0.15) is 20.3 Å². The molecule has 0 unspecified atom stereocenters. The van der Waals surface area contributed by atoms with E-state index in [1.165, 1.54) is 0 Å². The molecule has 1 saturated heterocycles. The number of pyridine rings is 1. The highest BCUT2D eigenvalue weighted by atomic mass is 16.5. The Morgan fingerprint density at radius 2 is 2.09 bits per heavy atom. The van der Waals surface area contributed by atoms with Crippen LogP contribution in [-0.2, 0) is 9.53 Å². The van der Waals surface area contributed by atoms with Crippen LogP contribution in [0.15, 0.2) is 24.5 Å². The van der Waals surface area contributed by atoms with Crippen LogP contribution in [0.3, 0.4) is 0 Å². The van der Waals surface area contributed by atoms with Gasteiger partial charge in [0.25, 0.3) is 0 Å². The molecule has 3 amide bonds. The van der Waals surface area contributed by atoms with Gasteiger partial charge in [0.1, 0.15) is 0 Å². The van der Waals surface area contributed by atoms with Crippen LogP contribution in [-0.4, -0.2) is 53.7 Å².